The van der Waals surface area contributed by atoms with E-state index in [1.807, 2.05) is 30.3 Å². The first-order chi connectivity index (χ1) is 10.3. The lowest BCUT2D eigenvalue weighted by atomic mass is 10.1. The Bertz CT molecular complexity index is 559. The lowest BCUT2D eigenvalue weighted by Gasteiger charge is -2.23. The number of aromatic nitrogens is 1. The van der Waals surface area contributed by atoms with Crippen molar-refractivity contribution in [1.29, 1.82) is 0 Å². The maximum Gasteiger partial charge on any atom is 0.167 e. The van der Waals surface area contributed by atoms with Crippen molar-refractivity contribution in [3.8, 4) is 17.1 Å². The number of ether oxygens (including phenoxy) is 1. The van der Waals surface area contributed by atoms with Crippen LogP contribution in [0.1, 0.15) is 18.5 Å². The number of piperidine rings is 1. The molecule has 0 unspecified atom stereocenters. The molecule has 0 amide bonds. The highest BCUT2D eigenvalue weighted by Gasteiger charge is 2.13. The van der Waals surface area contributed by atoms with Crippen molar-refractivity contribution >= 4 is 0 Å². The molecule has 1 aromatic carbocycles. The van der Waals surface area contributed by atoms with Gasteiger partial charge in [-0.2, -0.15) is 0 Å². The highest BCUT2D eigenvalue weighted by Crippen LogP contribution is 2.23. The van der Waals surface area contributed by atoms with Crippen molar-refractivity contribution < 1.29 is 9.26 Å². The Morgan fingerprint density at radius 1 is 1.38 bits per heavy atom. The monoisotopic (exact) mass is 287 g/mol. The summed E-state index contributed by atoms with van der Waals surface area (Å²) in [6.07, 6.45) is 2.45. The molecule has 0 saturated carbocycles. The van der Waals surface area contributed by atoms with Gasteiger partial charge in [0.25, 0.3) is 0 Å². The summed E-state index contributed by atoms with van der Waals surface area (Å²) in [7, 11) is 1.66. The van der Waals surface area contributed by atoms with Gasteiger partial charge in [-0.1, -0.05) is 5.16 Å². The summed E-state index contributed by atoms with van der Waals surface area (Å²) in [5.74, 6) is 1.63. The summed E-state index contributed by atoms with van der Waals surface area (Å²) in [6.45, 7) is 2.90. The van der Waals surface area contributed by atoms with Gasteiger partial charge in [0, 0.05) is 30.8 Å². The summed E-state index contributed by atoms with van der Waals surface area (Å²) in [4.78, 5) is 0. The van der Waals surface area contributed by atoms with Crippen LogP contribution in [0, 0.1) is 0 Å². The zero-order valence-electron chi connectivity index (χ0n) is 12.3. The van der Waals surface area contributed by atoms with Gasteiger partial charge in [-0.3, -0.25) is 0 Å². The van der Waals surface area contributed by atoms with Crippen LogP contribution >= 0.6 is 0 Å². The maximum atomic E-state index is 5.42. The summed E-state index contributed by atoms with van der Waals surface area (Å²) in [5, 5.41) is 11.0. The van der Waals surface area contributed by atoms with Gasteiger partial charge in [0.1, 0.15) is 5.75 Å². The third-order valence-electron chi connectivity index (χ3n) is 3.80. The Labute approximate surface area is 124 Å². The third-order valence-corrected chi connectivity index (χ3v) is 3.80. The standard InChI is InChI=1S/C16H21N3O2/c1-20-15-6-4-12(5-7-15)16-9-14(19-21-16)11-18-13-3-2-8-17-10-13/h4-7,9,13,17-18H,2-3,8,10-11H2,1H3/t13-/m0/s1. The molecule has 21 heavy (non-hydrogen) atoms. The highest BCUT2D eigenvalue weighted by molar-refractivity contribution is 5.58. The van der Waals surface area contributed by atoms with Crippen LogP contribution in [0.3, 0.4) is 0 Å². The summed E-state index contributed by atoms with van der Waals surface area (Å²) in [5.41, 5.74) is 1.94. The van der Waals surface area contributed by atoms with Crippen molar-refractivity contribution in [3.05, 3.63) is 36.0 Å². The molecule has 2 N–H and O–H groups in total. The quantitative estimate of drug-likeness (QED) is 0.883. The number of nitrogens with zero attached hydrogens (tertiary/aromatic N) is 1. The molecular formula is C16H21N3O2. The summed E-state index contributed by atoms with van der Waals surface area (Å²) >= 11 is 0. The molecule has 0 aliphatic carbocycles. The molecule has 1 saturated heterocycles. The van der Waals surface area contributed by atoms with Gasteiger partial charge < -0.3 is 19.9 Å². The molecule has 1 fully saturated rings. The van der Waals surface area contributed by atoms with E-state index in [1.165, 1.54) is 12.8 Å². The largest absolute Gasteiger partial charge is 0.497 e. The first kappa shape index (κ1) is 14.1. The number of methoxy groups -OCH3 is 1. The molecule has 0 bridgehead atoms. The molecule has 112 valence electrons. The fourth-order valence-corrected chi connectivity index (χ4v) is 2.56. The molecular weight excluding hydrogens is 266 g/mol. The fourth-order valence-electron chi connectivity index (χ4n) is 2.56. The van der Waals surface area contributed by atoms with E-state index in [4.69, 9.17) is 9.26 Å². The second kappa shape index (κ2) is 6.74. The van der Waals surface area contributed by atoms with Crippen molar-refractivity contribution in [2.45, 2.75) is 25.4 Å². The summed E-state index contributed by atoms with van der Waals surface area (Å²) < 4.78 is 10.6. The van der Waals surface area contributed by atoms with Crippen LogP contribution in [0.5, 0.6) is 5.75 Å². The first-order valence-corrected chi connectivity index (χ1v) is 7.39. The van der Waals surface area contributed by atoms with Crippen molar-refractivity contribution in [2.24, 2.45) is 0 Å². The van der Waals surface area contributed by atoms with E-state index in [0.717, 1.165) is 42.4 Å². The van der Waals surface area contributed by atoms with Crippen LogP contribution in [-0.2, 0) is 6.54 Å². The highest BCUT2D eigenvalue weighted by atomic mass is 16.5. The normalized spacial score (nSPS) is 18.6. The molecule has 1 aromatic heterocycles. The van der Waals surface area contributed by atoms with E-state index in [-0.39, 0.29) is 0 Å². The minimum absolute atomic E-state index is 0.528. The topological polar surface area (TPSA) is 59.3 Å². The Morgan fingerprint density at radius 3 is 2.95 bits per heavy atom. The predicted molar refractivity (Wildman–Crippen MR) is 81.2 cm³/mol. The lowest BCUT2D eigenvalue weighted by molar-refractivity contribution is 0.376. The average Bonchev–Trinajstić information content (AvgIpc) is 3.03. The van der Waals surface area contributed by atoms with Crippen LogP contribution in [0.15, 0.2) is 34.9 Å². The van der Waals surface area contributed by atoms with E-state index in [0.29, 0.717) is 6.04 Å². The molecule has 1 aliphatic heterocycles. The van der Waals surface area contributed by atoms with Crippen LogP contribution in [0.4, 0.5) is 0 Å². The van der Waals surface area contributed by atoms with Gasteiger partial charge in [0.05, 0.1) is 12.8 Å². The molecule has 0 spiro atoms. The summed E-state index contributed by atoms with van der Waals surface area (Å²) in [6, 6.07) is 10.3. The van der Waals surface area contributed by atoms with Crippen LogP contribution in [0.25, 0.3) is 11.3 Å². The van der Waals surface area contributed by atoms with E-state index < -0.39 is 0 Å². The van der Waals surface area contributed by atoms with E-state index in [9.17, 15) is 0 Å². The molecule has 2 aromatic rings. The molecule has 1 atom stereocenters. The van der Waals surface area contributed by atoms with Crippen molar-refractivity contribution in [2.75, 3.05) is 20.2 Å². The second-order valence-corrected chi connectivity index (χ2v) is 5.34. The van der Waals surface area contributed by atoms with Crippen molar-refractivity contribution in [1.82, 2.24) is 15.8 Å². The number of hydrogen-bond donors (Lipinski definition) is 2. The van der Waals surface area contributed by atoms with E-state index >= 15 is 0 Å². The number of benzene rings is 1. The second-order valence-electron chi connectivity index (χ2n) is 5.34. The zero-order valence-corrected chi connectivity index (χ0v) is 12.3. The van der Waals surface area contributed by atoms with Gasteiger partial charge >= 0.3 is 0 Å². The van der Waals surface area contributed by atoms with Gasteiger partial charge in [-0.15, -0.1) is 0 Å². The Kier molecular flexibility index (Phi) is 4.52. The van der Waals surface area contributed by atoms with Crippen LogP contribution in [0.2, 0.25) is 0 Å². The Morgan fingerprint density at radius 2 is 2.24 bits per heavy atom. The predicted octanol–water partition coefficient (Wildman–Crippen LogP) is 2.19. The molecule has 5 heteroatoms. The van der Waals surface area contributed by atoms with Gasteiger partial charge in [-0.25, -0.2) is 0 Å². The molecule has 3 rings (SSSR count). The maximum absolute atomic E-state index is 5.42. The Hall–Kier alpha value is -1.85. The van der Waals surface area contributed by atoms with Crippen LogP contribution in [-0.4, -0.2) is 31.4 Å². The van der Waals surface area contributed by atoms with Gasteiger partial charge in [0.2, 0.25) is 0 Å². The Balaban J connectivity index is 1.59. The van der Waals surface area contributed by atoms with Crippen molar-refractivity contribution in [3.63, 3.8) is 0 Å². The number of rotatable bonds is 5. The number of nitrogens with one attached hydrogen (secondary N) is 2. The fraction of sp³-hybridized carbons (Fsp3) is 0.438. The average molecular weight is 287 g/mol. The van der Waals surface area contributed by atoms with Gasteiger partial charge in [-0.05, 0) is 43.7 Å². The number of hydrogen-bond acceptors (Lipinski definition) is 5. The zero-order chi connectivity index (χ0) is 14.5. The molecule has 1 aliphatic rings. The first-order valence-electron chi connectivity index (χ1n) is 7.39. The third kappa shape index (κ3) is 3.62. The molecule has 0 radical (unpaired) electrons. The SMILES string of the molecule is COc1ccc(-c2cc(CN[C@H]3CCCNC3)no2)cc1. The van der Waals surface area contributed by atoms with Crippen LogP contribution < -0.4 is 15.4 Å². The van der Waals surface area contributed by atoms with E-state index in [2.05, 4.69) is 15.8 Å². The lowest BCUT2D eigenvalue weighted by Crippen LogP contribution is -2.42. The molecule has 2 heterocycles. The molecule has 5 nitrogen and oxygen atoms in total. The smallest absolute Gasteiger partial charge is 0.167 e. The van der Waals surface area contributed by atoms with E-state index in [1.54, 1.807) is 7.11 Å². The van der Waals surface area contributed by atoms with Gasteiger partial charge in [0.15, 0.2) is 5.76 Å². The minimum Gasteiger partial charge on any atom is -0.497 e. The minimum atomic E-state index is 0.528.